The van der Waals surface area contributed by atoms with Gasteiger partial charge >= 0.3 is 5.97 Å². The lowest BCUT2D eigenvalue weighted by molar-refractivity contribution is -0.137. The SMILES string of the molecule is CCn1c(CSc2nc3ccccc3s2)nnc1S[C@@H]1CCOC1=O. The molecular weight excluding hydrogens is 376 g/mol. The van der Waals surface area contributed by atoms with Crippen LogP contribution in [-0.2, 0) is 21.8 Å². The molecule has 3 aromatic rings. The molecule has 0 unspecified atom stereocenters. The molecule has 130 valence electrons. The van der Waals surface area contributed by atoms with Crippen LogP contribution >= 0.6 is 34.9 Å². The van der Waals surface area contributed by atoms with E-state index in [0.29, 0.717) is 12.4 Å². The van der Waals surface area contributed by atoms with Gasteiger partial charge in [-0.3, -0.25) is 4.79 Å². The number of para-hydroxylation sites is 1. The molecule has 1 aliphatic rings. The molecule has 4 rings (SSSR count). The van der Waals surface area contributed by atoms with Crippen molar-refractivity contribution in [2.24, 2.45) is 0 Å². The van der Waals surface area contributed by atoms with Crippen LogP contribution in [0.25, 0.3) is 10.2 Å². The summed E-state index contributed by atoms with van der Waals surface area (Å²) in [6.07, 6.45) is 0.732. The highest BCUT2D eigenvalue weighted by molar-refractivity contribution is 8.00. The van der Waals surface area contributed by atoms with Crippen molar-refractivity contribution in [1.29, 1.82) is 0 Å². The standard InChI is InChI=1S/C16H16N4O2S3/c1-2-20-13(18-19-15(20)24-12-7-8-22-14(12)21)9-23-16-17-10-5-3-4-6-11(10)25-16/h3-6,12H,2,7-9H2,1H3/t12-/m1/s1. The van der Waals surface area contributed by atoms with Crippen molar-refractivity contribution < 1.29 is 9.53 Å². The minimum Gasteiger partial charge on any atom is -0.465 e. The first kappa shape index (κ1) is 16.9. The number of carbonyl (C=O) groups excluding carboxylic acids is 1. The molecule has 0 bridgehead atoms. The molecule has 25 heavy (non-hydrogen) atoms. The number of cyclic esters (lactones) is 1. The molecule has 1 atom stereocenters. The van der Waals surface area contributed by atoms with Gasteiger partial charge in [-0.05, 0) is 19.1 Å². The van der Waals surface area contributed by atoms with Gasteiger partial charge < -0.3 is 9.30 Å². The Hall–Kier alpha value is -1.58. The molecule has 3 heterocycles. The van der Waals surface area contributed by atoms with Crippen molar-refractivity contribution in [3.05, 3.63) is 30.1 Å². The van der Waals surface area contributed by atoms with Gasteiger partial charge in [0, 0.05) is 13.0 Å². The molecule has 0 amide bonds. The Morgan fingerprint density at radius 3 is 3.00 bits per heavy atom. The van der Waals surface area contributed by atoms with E-state index in [2.05, 4.69) is 32.7 Å². The number of ether oxygens (including phenoxy) is 1. The fourth-order valence-corrected chi connectivity index (χ4v) is 5.67. The van der Waals surface area contributed by atoms with Gasteiger partial charge in [0.25, 0.3) is 0 Å². The van der Waals surface area contributed by atoms with E-state index >= 15 is 0 Å². The third kappa shape index (κ3) is 3.54. The van der Waals surface area contributed by atoms with E-state index in [1.165, 1.54) is 16.5 Å². The third-order valence-corrected chi connectivity index (χ3v) is 7.24. The second-order valence-corrected chi connectivity index (χ2v) is 8.86. The molecule has 1 saturated heterocycles. The Bertz CT molecular complexity index is 875. The lowest BCUT2D eigenvalue weighted by Crippen LogP contribution is -2.11. The zero-order chi connectivity index (χ0) is 17.2. The number of rotatable bonds is 6. The van der Waals surface area contributed by atoms with E-state index in [9.17, 15) is 4.79 Å². The first-order chi connectivity index (χ1) is 12.2. The molecule has 0 radical (unpaired) electrons. The number of nitrogens with zero attached hydrogens (tertiary/aromatic N) is 4. The summed E-state index contributed by atoms with van der Waals surface area (Å²) in [5.74, 6) is 1.46. The average molecular weight is 393 g/mol. The van der Waals surface area contributed by atoms with Gasteiger partial charge in [0.1, 0.15) is 11.1 Å². The molecule has 1 aromatic carbocycles. The summed E-state index contributed by atoms with van der Waals surface area (Å²) in [7, 11) is 0. The highest BCUT2D eigenvalue weighted by Gasteiger charge is 2.29. The molecule has 0 N–H and O–H groups in total. The first-order valence-corrected chi connectivity index (χ1v) is 10.7. The number of hydrogen-bond donors (Lipinski definition) is 0. The quantitative estimate of drug-likeness (QED) is 0.469. The summed E-state index contributed by atoms with van der Waals surface area (Å²) >= 11 is 4.81. The van der Waals surface area contributed by atoms with E-state index in [1.807, 2.05) is 18.2 Å². The van der Waals surface area contributed by atoms with Crippen LogP contribution in [0.3, 0.4) is 0 Å². The Morgan fingerprint density at radius 1 is 1.36 bits per heavy atom. The third-order valence-electron chi connectivity index (χ3n) is 3.84. The van der Waals surface area contributed by atoms with Crippen molar-refractivity contribution in [1.82, 2.24) is 19.7 Å². The molecule has 2 aromatic heterocycles. The molecule has 0 spiro atoms. The maximum absolute atomic E-state index is 11.7. The maximum atomic E-state index is 11.7. The van der Waals surface area contributed by atoms with E-state index < -0.39 is 0 Å². The number of fused-ring (bicyclic) bond motifs is 1. The molecule has 6 nitrogen and oxygen atoms in total. The van der Waals surface area contributed by atoms with E-state index in [4.69, 9.17) is 4.74 Å². The first-order valence-electron chi connectivity index (χ1n) is 7.98. The van der Waals surface area contributed by atoms with Gasteiger partial charge in [-0.25, -0.2) is 4.98 Å². The average Bonchev–Trinajstić information content (AvgIpc) is 3.32. The smallest absolute Gasteiger partial charge is 0.319 e. The Kier molecular flexibility index (Phi) is 4.96. The molecule has 0 saturated carbocycles. The minimum atomic E-state index is -0.167. The number of thioether (sulfide) groups is 2. The van der Waals surface area contributed by atoms with Crippen LogP contribution in [0.4, 0.5) is 0 Å². The number of carbonyl (C=O) groups is 1. The Balaban J connectivity index is 1.47. The van der Waals surface area contributed by atoms with Crippen molar-refractivity contribution >= 4 is 51.0 Å². The van der Waals surface area contributed by atoms with Crippen molar-refractivity contribution in [3.8, 4) is 0 Å². The summed E-state index contributed by atoms with van der Waals surface area (Å²) in [6, 6.07) is 8.14. The second-order valence-electron chi connectivity index (χ2n) is 5.44. The van der Waals surface area contributed by atoms with Crippen molar-refractivity contribution in [2.75, 3.05) is 6.61 Å². The normalized spacial score (nSPS) is 17.3. The highest BCUT2D eigenvalue weighted by Crippen LogP contribution is 2.33. The fraction of sp³-hybridized carbons (Fsp3) is 0.375. The molecule has 0 aliphatic carbocycles. The molecule has 1 aliphatic heterocycles. The fourth-order valence-electron chi connectivity index (χ4n) is 2.58. The van der Waals surface area contributed by atoms with Crippen LogP contribution < -0.4 is 0 Å². The van der Waals surface area contributed by atoms with Gasteiger partial charge in [-0.1, -0.05) is 35.7 Å². The van der Waals surface area contributed by atoms with Gasteiger partial charge in [0.15, 0.2) is 9.50 Å². The predicted octanol–water partition coefficient (Wildman–Crippen LogP) is 3.61. The molecular formula is C16H16N4O2S3. The van der Waals surface area contributed by atoms with Crippen LogP contribution in [-0.4, -0.2) is 37.6 Å². The summed E-state index contributed by atoms with van der Waals surface area (Å²) in [5.41, 5.74) is 1.03. The van der Waals surface area contributed by atoms with E-state index in [0.717, 1.165) is 33.8 Å². The molecule has 9 heteroatoms. The summed E-state index contributed by atoms with van der Waals surface area (Å²) in [5, 5.41) is 9.21. The van der Waals surface area contributed by atoms with E-state index in [-0.39, 0.29) is 11.2 Å². The summed E-state index contributed by atoms with van der Waals surface area (Å²) < 4.78 is 9.31. The monoisotopic (exact) mass is 392 g/mol. The molecule has 1 fully saturated rings. The van der Waals surface area contributed by atoms with Crippen LogP contribution in [0.5, 0.6) is 0 Å². The number of esters is 1. The van der Waals surface area contributed by atoms with Crippen molar-refractivity contribution in [3.63, 3.8) is 0 Å². The van der Waals surface area contributed by atoms with Crippen molar-refractivity contribution in [2.45, 2.75) is 40.4 Å². The summed E-state index contributed by atoms with van der Waals surface area (Å²) in [4.78, 5) is 16.3. The maximum Gasteiger partial charge on any atom is 0.319 e. The number of benzene rings is 1. The van der Waals surface area contributed by atoms with Crippen LogP contribution in [0, 0.1) is 0 Å². The Morgan fingerprint density at radius 2 is 2.24 bits per heavy atom. The van der Waals surface area contributed by atoms with E-state index in [1.54, 1.807) is 23.1 Å². The number of hydrogen-bond acceptors (Lipinski definition) is 8. The van der Waals surface area contributed by atoms with Crippen LogP contribution in [0.1, 0.15) is 19.2 Å². The second kappa shape index (κ2) is 7.35. The zero-order valence-corrected chi connectivity index (χ0v) is 16.0. The predicted molar refractivity (Wildman–Crippen MR) is 100 cm³/mol. The van der Waals surface area contributed by atoms with Gasteiger partial charge in [-0.15, -0.1) is 21.5 Å². The number of aromatic nitrogens is 4. The van der Waals surface area contributed by atoms with Crippen LogP contribution in [0.15, 0.2) is 33.8 Å². The summed E-state index contributed by atoms with van der Waals surface area (Å²) in [6.45, 7) is 3.33. The lowest BCUT2D eigenvalue weighted by atomic mass is 10.3. The lowest BCUT2D eigenvalue weighted by Gasteiger charge is -2.08. The minimum absolute atomic E-state index is 0.152. The van der Waals surface area contributed by atoms with Crippen LogP contribution in [0.2, 0.25) is 0 Å². The Labute approximate surface area is 157 Å². The highest BCUT2D eigenvalue weighted by atomic mass is 32.2. The topological polar surface area (TPSA) is 69.9 Å². The largest absolute Gasteiger partial charge is 0.465 e. The van der Waals surface area contributed by atoms with Gasteiger partial charge in [0.2, 0.25) is 0 Å². The zero-order valence-electron chi connectivity index (χ0n) is 13.5. The van der Waals surface area contributed by atoms with Gasteiger partial charge in [-0.2, -0.15) is 0 Å². The van der Waals surface area contributed by atoms with Gasteiger partial charge in [0.05, 0.1) is 22.6 Å². The number of thiazole rings is 1.